The van der Waals surface area contributed by atoms with Gasteiger partial charge in [0.25, 0.3) is 0 Å². The summed E-state index contributed by atoms with van der Waals surface area (Å²) in [7, 11) is 0. The minimum Gasteiger partial charge on any atom is -0.310 e. The molecule has 0 atom stereocenters. The lowest BCUT2D eigenvalue weighted by Gasteiger charge is -2.16. The van der Waals surface area contributed by atoms with Crippen LogP contribution in [0.4, 0.5) is 5.69 Å². The number of thiophene rings is 1. The minimum atomic E-state index is 0.640. The Labute approximate surface area is 274 Å². The van der Waals surface area contributed by atoms with Crippen molar-refractivity contribution in [3.05, 3.63) is 163 Å². The fourth-order valence-corrected chi connectivity index (χ4v) is 8.71. The van der Waals surface area contributed by atoms with Crippen molar-refractivity contribution in [2.75, 3.05) is 0 Å². The topological polar surface area (TPSA) is 14.2 Å². The number of nitrogens with zero attached hydrogens (tertiary/aromatic N) is 3. The van der Waals surface area contributed by atoms with Gasteiger partial charge < -0.3 is 9.13 Å². The first kappa shape index (κ1) is 26.1. The van der Waals surface area contributed by atoms with Crippen LogP contribution in [0.2, 0.25) is 0 Å². The van der Waals surface area contributed by atoms with Crippen molar-refractivity contribution >= 4 is 80.8 Å². The Morgan fingerprint density at radius 1 is 0.489 bits per heavy atom. The second-order valence-corrected chi connectivity index (χ2v) is 13.1. The van der Waals surface area contributed by atoms with E-state index in [1.54, 1.807) is 0 Å². The summed E-state index contributed by atoms with van der Waals surface area (Å²) in [6, 6.07) is 53.9. The molecule has 218 valence electrons. The third kappa shape index (κ3) is 3.66. The van der Waals surface area contributed by atoms with Crippen molar-refractivity contribution in [3.63, 3.8) is 0 Å². The third-order valence-corrected chi connectivity index (χ3v) is 10.7. The Bertz CT molecular complexity index is 2860. The molecule has 0 saturated heterocycles. The number of benzene rings is 7. The fraction of sp³-hybridized carbons (Fsp3) is 0. The molecule has 3 aromatic heterocycles. The molecule has 0 aliphatic heterocycles. The standard InChI is InChI=1S/C43H25N3S/c1-44-34-17-11-20-38(46-35-18-8-5-14-29(35)30-15-6-9-19-36(30)46)41(34)27-22-24-37-33(26-27)31-23-25-40-42(32-16-7-10-21-39(32)47-40)43(31)45(37)28-12-3-2-4-13-28/h2-26H. The van der Waals surface area contributed by atoms with E-state index in [4.69, 9.17) is 6.57 Å². The maximum absolute atomic E-state index is 8.25. The molecule has 3 nitrogen and oxygen atoms in total. The van der Waals surface area contributed by atoms with Gasteiger partial charge in [0.05, 0.1) is 28.6 Å². The zero-order valence-electron chi connectivity index (χ0n) is 25.2. The Balaban J connectivity index is 1.33. The highest BCUT2D eigenvalue weighted by Crippen LogP contribution is 2.46. The van der Waals surface area contributed by atoms with Gasteiger partial charge in [-0.15, -0.1) is 11.3 Å². The fourth-order valence-electron chi connectivity index (χ4n) is 7.60. The number of aromatic nitrogens is 2. The van der Waals surface area contributed by atoms with Crippen LogP contribution in [0.1, 0.15) is 0 Å². The largest absolute Gasteiger partial charge is 0.310 e. The predicted octanol–water partition coefficient (Wildman–Crippen LogP) is 12.5. The molecule has 0 N–H and O–H groups in total. The van der Waals surface area contributed by atoms with Crippen LogP contribution in [0, 0.1) is 6.57 Å². The molecule has 3 heterocycles. The van der Waals surface area contributed by atoms with Gasteiger partial charge in [-0.3, -0.25) is 0 Å². The maximum atomic E-state index is 8.25. The van der Waals surface area contributed by atoms with E-state index < -0.39 is 0 Å². The van der Waals surface area contributed by atoms with E-state index in [1.165, 1.54) is 47.2 Å². The van der Waals surface area contributed by atoms with Crippen LogP contribution in [0.15, 0.2) is 152 Å². The molecule has 0 fully saturated rings. The van der Waals surface area contributed by atoms with Gasteiger partial charge in [-0.25, -0.2) is 4.85 Å². The summed E-state index contributed by atoms with van der Waals surface area (Å²) in [4.78, 5) is 4.07. The summed E-state index contributed by atoms with van der Waals surface area (Å²) in [5, 5.41) is 7.36. The lowest BCUT2D eigenvalue weighted by Crippen LogP contribution is -1.97. The number of para-hydroxylation sites is 3. The molecule has 10 aromatic rings. The van der Waals surface area contributed by atoms with Crippen LogP contribution in [0.5, 0.6) is 0 Å². The second-order valence-electron chi connectivity index (χ2n) is 12.0. The van der Waals surface area contributed by atoms with Crippen LogP contribution in [-0.4, -0.2) is 9.13 Å². The Kier molecular flexibility index (Phi) is 5.51. The SMILES string of the molecule is [C-]#[N+]c1cccc(-n2c3ccccc3c3ccccc32)c1-c1ccc2c(c1)c1ccc3sc4ccccc4c3c1n2-c1ccccc1. The van der Waals surface area contributed by atoms with E-state index in [0.717, 1.165) is 39.1 Å². The summed E-state index contributed by atoms with van der Waals surface area (Å²) < 4.78 is 7.32. The van der Waals surface area contributed by atoms with Crippen LogP contribution >= 0.6 is 11.3 Å². The molecule has 0 aliphatic carbocycles. The average Bonchev–Trinajstić information content (AvgIpc) is 3.79. The summed E-state index contributed by atoms with van der Waals surface area (Å²) in [6.07, 6.45) is 0. The lowest BCUT2D eigenvalue weighted by atomic mass is 9.98. The van der Waals surface area contributed by atoms with Crippen LogP contribution in [0.3, 0.4) is 0 Å². The Morgan fingerprint density at radius 3 is 1.94 bits per heavy atom. The third-order valence-electron chi connectivity index (χ3n) is 9.53. The zero-order chi connectivity index (χ0) is 31.1. The van der Waals surface area contributed by atoms with Gasteiger partial charge in [0.1, 0.15) is 0 Å². The smallest absolute Gasteiger partial charge is 0.196 e. The molecular formula is C43H25N3S. The van der Waals surface area contributed by atoms with Crippen molar-refractivity contribution in [2.24, 2.45) is 0 Å². The molecule has 0 saturated carbocycles. The van der Waals surface area contributed by atoms with Gasteiger partial charge in [-0.05, 0) is 60.2 Å². The molecule has 0 unspecified atom stereocenters. The molecule has 47 heavy (non-hydrogen) atoms. The molecule has 0 radical (unpaired) electrons. The highest BCUT2D eigenvalue weighted by Gasteiger charge is 2.21. The monoisotopic (exact) mass is 615 g/mol. The van der Waals surface area contributed by atoms with Gasteiger partial charge in [0, 0.05) is 58.7 Å². The molecule has 10 rings (SSSR count). The van der Waals surface area contributed by atoms with E-state index >= 15 is 0 Å². The number of hydrogen-bond donors (Lipinski definition) is 0. The van der Waals surface area contributed by atoms with Gasteiger partial charge in [0.15, 0.2) is 5.69 Å². The van der Waals surface area contributed by atoms with E-state index in [9.17, 15) is 0 Å². The highest BCUT2D eigenvalue weighted by atomic mass is 32.1. The summed E-state index contributed by atoms with van der Waals surface area (Å²) in [5.41, 5.74) is 9.39. The van der Waals surface area contributed by atoms with Crippen molar-refractivity contribution in [1.82, 2.24) is 9.13 Å². The molecule has 4 heteroatoms. The van der Waals surface area contributed by atoms with Gasteiger partial charge in [0.2, 0.25) is 0 Å². The minimum absolute atomic E-state index is 0.640. The van der Waals surface area contributed by atoms with Crippen LogP contribution in [-0.2, 0) is 0 Å². The zero-order valence-corrected chi connectivity index (χ0v) is 26.0. The normalized spacial score (nSPS) is 11.8. The quantitative estimate of drug-likeness (QED) is 0.176. The van der Waals surface area contributed by atoms with Crippen molar-refractivity contribution in [1.29, 1.82) is 0 Å². The molecule has 0 bridgehead atoms. The maximum Gasteiger partial charge on any atom is 0.196 e. The first-order valence-electron chi connectivity index (χ1n) is 15.7. The summed E-state index contributed by atoms with van der Waals surface area (Å²) in [6.45, 7) is 8.25. The van der Waals surface area contributed by atoms with Gasteiger partial charge in [-0.2, -0.15) is 0 Å². The number of fused-ring (bicyclic) bond motifs is 10. The second kappa shape index (κ2) is 9.92. The molecule has 7 aromatic carbocycles. The summed E-state index contributed by atoms with van der Waals surface area (Å²) >= 11 is 1.85. The van der Waals surface area contributed by atoms with Crippen molar-refractivity contribution in [2.45, 2.75) is 0 Å². The van der Waals surface area contributed by atoms with Gasteiger partial charge in [-0.1, -0.05) is 97.1 Å². The van der Waals surface area contributed by atoms with Crippen LogP contribution < -0.4 is 0 Å². The van der Waals surface area contributed by atoms with E-state index in [2.05, 4.69) is 154 Å². The van der Waals surface area contributed by atoms with E-state index in [0.29, 0.717) is 5.69 Å². The molecule has 0 aliphatic rings. The van der Waals surface area contributed by atoms with Crippen molar-refractivity contribution < 1.29 is 0 Å². The Hall–Kier alpha value is -6.15. The van der Waals surface area contributed by atoms with Crippen molar-refractivity contribution in [3.8, 4) is 22.5 Å². The predicted molar refractivity (Wildman–Crippen MR) is 200 cm³/mol. The van der Waals surface area contributed by atoms with Crippen LogP contribution in [0.25, 0.3) is 91.1 Å². The number of rotatable bonds is 3. The lowest BCUT2D eigenvalue weighted by molar-refractivity contribution is 1.18. The first-order valence-corrected chi connectivity index (χ1v) is 16.5. The van der Waals surface area contributed by atoms with E-state index in [-0.39, 0.29) is 0 Å². The Morgan fingerprint density at radius 2 is 1.17 bits per heavy atom. The average molecular weight is 616 g/mol. The molecule has 0 amide bonds. The molecular weight excluding hydrogens is 591 g/mol. The number of hydrogen-bond acceptors (Lipinski definition) is 1. The molecule has 0 spiro atoms. The van der Waals surface area contributed by atoms with E-state index in [1.807, 2.05) is 23.5 Å². The first-order chi connectivity index (χ1) is 23.3. The highest BCUT2D eigenvalue weighted by molar-refractivity contribution is 7.26. The summed E-state index contributed by atoms with van der Waals surface area (Å²) in [5.74, 6) is 0. The van der Waals surface area contributed by atoms with Gasteiger partial charge >= 0.3 is 0 Å².